The summed E-state index contributed by atoms with van der Waals surface area (Å²) in [4.78, 5) is 22.2. The molecule has 1 aromatic rings. The molecule has 0 saturated carbocycles. The van der Waals surface area contributed by atoms with Crippen molar-refractivity contribution in [3.05, 3.63) is 34.4 Å². The van der Waals surface area contributed by atoms with Crippen LogP contribution in [0, 0.1) is 11.3 Å². The lowest BCUT2D eigenvalue weighted by atomic mass is 9.94. The predicted octanol–water partition coefficient (Wildman–Crippen LogP) is 2.14. The fourth-order valence-corrected chi connectivity index (χ4v) is 1.59. The van der Waals surface area contributed by atoms with E-state index in [-0.39, 0.29) is 5.78 Å². The lowest BCUT2D eigenvalue weighted by Crippen LogP contribution is -2.04. The first kappa shape index (κ1) is 11.1. The highest BCUT2D eigenvalue weighted by Gasteiger charge is 2.13. The van der Waals surface area contributed by atoms with Crippen molar-refractivity contribution in [3.63, 3.8) is 0 Å². The van der Waals surface area contributed by atoms with Crippen LogP contribution in [-0.4, -0.2) is 12.1 Å². The van der Waals surface area contributed by atoms with Gasteiger partial charge in [-0.25, -0.2) is 0 Å². The van der Waals surface area contributed by atoms with Gasteiger partial charge in [-0.2, -0.15) is 5.26 Å². The van der Waals surface area contributed by atoms with Gasteiger partial charge in [-0.1, -0.05) is 6.92 Å². The minimum atomic E-state index is -0.156. The highest BCUT2D eigenvalue weighted by molar-refractivity contribution is 6.02. The Bertz CT molecular complexity index is 455. The number of nitriles is 1. The summed E-state index contributed by atoms with van der Waals surface area (Å²) in [7, 11) is 0. The van der Waals surface area contributed by atoms with Crippen LogP contribution in [0.1, 0.15) is 45.7 Å². The average Bonchev–Trinajstić information content (AvgIpc) is 2.26. The van der Waals surface area contributed by atoms with Gasteiger partial charge >= 0.3 is 0 Å². The van der Waals surface area contributed by atoms with Gasteiger partial charge in [-0.05, 0) is 31.0 Å². The van der Waals surface area contributed by atoms with Crippen molar-refractivity contribution in [2.75, 3.05) is 0 Å². The van der Waals surface area contributed by atoms with Crippen LogP contribution in [-0.2, 0) is 6.42 Å². The van der Waals surface area contributed by atoms with Crippen molar-refractivity contribution in [3.8, 4) is 6.07 Å². The largest absolute Gasteiger partial charge is 0.298 e. The van der Waals surface area contributed by atoms with Crippen LogP contribution in [0.5, 0.6) is 0 Å². The van der Waals surface area contributed by atoms with Crippen molar-refractivity contribution in [1.29, 1.82) is 5.26 Å². The van der Waals surface area contributed by atoms with E-state index in [2.05, 4.69) is 0 Å². The van der Waals surface area contributed by atoms with E-state index in [1.54, 1.807) is 6.07 Å². The van der Waals surface area contributed by atoms with Crippen LogP contribution in [0.2, 0.25) is 0 Å². The average molecular weight is 201 g/mol. The second kappa shape index (κ2) is 4.52. The smallest absolute Gasteiger partial charge is 0.160 e. The lowest BCUT2D eigenvalue weighted by molar-refractivity contribution is 0.100. The van der Waals surface area contributed by atoms with Crippen molar-refractivity contribution in [1.82, 2.24) is 0 Å². The number of aldehydes is 1. The van der Waals surface area contributed by atoms with Crippen LogP contribution in [0.25, 0.3) is 0 Å². The molecule has 1 rings (SSSR count). The molecule has 0 radical (unpaired) electrons. The van der Waals surface area contributed by atoms with E-state index in [1.165, 1.54) is 13.0 Å². The molecule has 0 saturated heterocycles. The Labute approximate surface area is 88.3 Å². The number of carbonyl (C=O) groups excluding carboxylic acids is 2. The van der Waals surface area contributed by atoms with Crippen molar-refractivity contribution in [2.45, 2.75) is 20.3 Å². The lowest BCUT2D eigenvalue weighted by Gasteiger charge is -2.08. The summed E-state index contributed by atoms with van der Waals surface area (Å²) < 4.78 is 0. The summed E-state index contributed by atoms with van der Waals surface area (Å²) in [5, 5.41) is 8.85. The molecular formula is C12H11NO2. The van der Waals surface area contributed by atoms with Gasteiger partial charge in [0.2, 0.25) is 0 Å². The number of ketones is 1. The minimum Gasteiger partial charge on any atom is -0.298 e. The van der Waals surface area contributed by atoms with Gasteiger partial charge in [0, 0.05) is 11.1 Å². The normalized spacial score (nSPS) is 9.40. The first-order valence-corrected chi connectivity index (χ1v) is 4.67. The summed E-state index contributed by atoms with van der Waals surface area (Å²) in [6.07, 6.45) is 1.22. The number of rotatable bonds is 3. The van der Waals surface area contributed by atoms with E-state index >= 15 is 0 Å². The van der Waals surface area contributed by atoms with E-state index in [4.69, 9.17) is 5.26 Å². The molecule has 0 aliphatic carbocycles. The van der Waals surface area contributed by atoms with Crippen LogP contribution in [0.4, 0.5) is 0 Å². The zero-order chi connectivity index (χ0) is 11.4. The van der Waals surface area contributed by atoms with Gasteiger partial charge in [0.1, 0.15) is 0 Å². The van der Waals surface area contributed by atoms with E-state index in [9.17, 15) is 9.59 Å². The zero-order valence-corrected chi connectivity index (χ0v) is 8.70. The molecule has 0 atom stereocenters. The summed E-state index contributed by atoms with van der Waals surface area (Å²) in [6, 6.07) is 5.13. The van der Waals surface area contributed by atoms with Crippen LogP contribution in [0.3, 0.4) is 0 Å². The maximum Gasteiger partial charge on any atom is 0.160 e. The molecule has 0 aromatic heterocycles. The van der Waals surface area contributed by atoms with E-state index in [1.807, 2.05) is 13.0 Å². The number of carbonyl (C=O) groups is 2. The first-order chi connectivity index (χ1) is 7.15. The number of nitrogens with zero attached hydrogens (tertiary/aromatic N) is 1. The van der Waals surface area contributed by atoms with Crippen LogP contribution in [0.15, 0.2) is 12.1 Å². The molecule has 76 valence electrons. The molecule has 0 heterocycles. The number of hydrogen-bond acceptors (Lipinski definition) is 3. The van der Waals surface area contributed by atoms with Gasteiger partial charge < -0.3 is 0 Å². The zero-order valence-electron chi connectivity index (χ0n) is 8.70. The second-order valence-corrected chi connectivity index (χ2v) is 3.19. The van der Waals surface area contributed by atoms with Crippen LogP contribution >= 0.6 is 0 Å². The standard InChI is InChI=1S/C12H11NO2/c1-3-10-9(6-13)4-5-11(8(2)15)12(10)7-14/h4-5,7H,3H2,1-2H3. The third kappa shape index (κ3) is 1.94. The molecule has 1 aromatic carbocycles. The molecule has 0 aliphatic heterocycles. The third-order valence-corrected chi connectivity index (χ3v) is 2.33. The molecule has 0 spiro atoms. The summed E-state index contributed by atoms with van der Waals surface area (Å²) >= 11 is 0. The Hall–Kier alpha value is -1.95. The molecule has 0 N–H and O–H groups in total. The van der Waals surface area contributed by atoms with Gasteiger partial charge in [-0.15, -0.1) is 0 Å². The summed E-state index contributed by atoms with van der Waals surface area (Å²) in [5.74, 6) is -0.156. The molecule has 0 fully saturated rings. The Morgan fingerprint density at radius 1 is 1.53 bits per heavy atom. The molecular weight excluding hydrogens is 190 g/mol. The quantitative estimate of drug-likeness (QED) is 0.556. The van der Waals surface area contributed by atoms with Crippen molar-refractivity contribution in [2.24, 2.45) is 0 Å². The second-order valence-electron chi connectivity index (χ2n) is 3.19. The maximum atomic E-state index is 11.3. The van der Waals surface area contributed by atoms with Gasteiger partial charge in [-0.3, -0.25) is 9.59 Å². The van der Waals surface area contributed by atoms with Crippen LogP contribution < -0.4 is 0 Å². The highest BCUT2D eigenvalue weighted by atomic mass is 16.1. The summed E-state index contributed by atoms with van der Waals surface area (Å²) in [6.45, 7) is 3.26. The molecule has 0 bridgehead atoms. The third-order valence-electron chi connectivity index (χ3n) is 2.33. The number of hydrogen-bond donors (Lipinski definition) is 0. The van der Waals surface area contributed by atoms with E-state index in [0.717, 1.165) is 0 Å². The Morgan fingerprint density at radius 2 is 2.20 bits per heavy atom. The fraction of sp³-hybridized carbons (Fsp3) is 0.250. The van der Waals surface area contributed by atoms with Gasteiger partial charge in [0.05, 0.1) is 11.6 Å². The Kier molecular flexibility index (Phi) is 3.35. The maximum absolute atomic E-state index is 11.3. The van der Waals surface area contributed by atoms with Gasteiger partial charge in [0.25, 0.3) is 0 Å². The highest BCUT2D eigenvalue weighted by Crippen LogP contribution is 2.18. The van der Waals surface area contributed by atoms with E-state index < -0.39 is 0 Å². The monoisotopic (exact) mass is 201 g/mol. The fourth-order valence-electron chi connectivity index (χ4n) is 1.59. The van der Waals surface area contributed by atoms with Crippen molar-refractivity contribution >= 4 is 12.1 Å². The Morgan fingerprint density at radius 3 is 2.60 bits per heavy atom. The Balaban J connectivity index is 3.56. The van der Waals surface area contributed by atoms with Gasteiger partial charge in [0.15, 0.2) is 12.1 Å². The topological polar surface area (TPSA) is 57.9 Å². The first-order valence-electron chi connectivity index (χ1n) is 4.67. The molecule has 3 heteroatoms. The molecule has 3 nitrogen and oxygen atoms in total. The molecule has 0 amide bonds. The predicted molar refractivity (Wildman–Crippen MR) is 55.9 cm³/mol. The number of Topliss-reactive ketones (excluding diaryl/α,β-unsaturated/α-hetero) is 1. The minimum absolute atomic E-state index is 0.156. The molecule has 0 unspecified atom stereocenters. The molecule has 0 aliphatic rings. The number of benzene rings is 1. The molecule has 15 heavy (non-hydrogen) atoms. The SMILES string of the molecule is CCc1c(C#N)ccc(C(C)=O)c1C=O. The van der Waals surface area contributed by atoms with Crippen molar-refractivity contribution < 1.29 is 9.59 Å². The van der Waals surface area contributed by atoms with E-state index in [0.29, 0.717) is 35.0 Å². The summed E-state index contributed by atoms with van der Waals surface area (Å²) in [5.41, 5.74) is 1.86.